The Morgan fingerprint density at radius 2 is 2.00 bits per heavy atom. The van der Waals surface area contributed by atoms with Crippen LogP contribution in [0.5, 0.6) is 0 Å². The molecular formula is C23H26N4O2. The monoisotopic (exact) mass is 390 g/mol. The quantitative estimate of drug-likeness (QED) is 0.679. The van der Waals surface area contributed by atoms with Crippen molar-refractivity contribution in [2.75, 3.05) is 18.4 Å². The van der Waals surface area contributed by atoms with Gasteiger partial charge < -0.3 is 14.7 Å². The molecule has 6 nitrogen and oxygen atoms in total. The number of benzene rings is 2. The lowest BCUT2D eigenvalue weighted by Gasteiger charge is -2.31. The Bertz CT molecular complexity index is 981. The van der Waals surface area contributed by atoms with Crippen LogP contribution >= 0.6 is 0 Å². The fraction of sp³-hybridized carbons (Fsp3) is 0.348. The van der Waals surface area contributed by atoms with E-state index in [1.165, 1.54) is 5.56 Å². The van der Waals surface area contributed by atoms with Gasteiger partial charge in [-0.2, -0.15) is 4.98 Å². The van der Waals surface area contributed by atoms with Gasteiger partial charge >= 0.3 is 6.03 Å². The van der Waals surface area contributed by atoms with Crippen LogP contribution in [0.4, 0.5) is 10.5 Å². The van der Waals surface area contributed by atoms with E-state index in [2.05, 4.69) is 22.4 Å². The second kappa shape index (κ2) is 8.47. The normalized spacial score (nSPS) is 16.6. The Morgan fingerprint density at radius 3 is 2.79 bits per heavy atom. The van der Waals surface area contributed by atoms with E-state index in [0.717, 1.165) is 42.6 Å². The zero-order valence-electron chi connectivity index (χ0n) is 16.9. The number of rotatable bonds is 4. The number of aryl methyl sites for hydroxylation is 2. The van der Waals surface area contributed by atoms with Crippen LogP contribution in [-0.4, -0.2) is 34.2 Å². The smallest absolute Gasteiger partial charge is 0.321 e. The third-order valence-electron chi connectivity index (χ3n) is 5.45. The fourth-order valence-electron chi connectivity index (χ4n) is 3.73. The maximum atomic E-state index is 12.8. The van der Waals surface area contributed by atoms with Crippen molar-refractivity contribution in [3.63, 3.8) is 0 Å². The molecule has 150 valence electrons. The molecule has 2 heterocycles. The lowest BCUT2D eigenvalue weighted by atomic mass is 9.98. The first-order valence-electron chi connectivity index (χ1n) is 10.2. The molecule has 0 bridgehead atoms. The lowest BCUT2D eigenvalue weighted by molar-refractivity contribution is 0.184. The second-order valence-electron chi connectivity index (χ2n) is 7.55. The molecular weight excluding hydrogens is 364 g/mol. The maximum absolute atomic E-state index is 12.8. The largest absolute Gasteiger partial charge is 0.339 e. The van der Waals surface area contributed by atoms with Crippen LogP contribution in [-0.2, 0) is 6.42 Å². The zero-order chi connectivity index (χ0) is 20.2. The highest BCUT2D eigenvalue weighted by Crippen LogP contribution is 2.28. The average Bonchev–Trinajstić information content (AvgIpc) is 3.25. The SMILES string of the molecule is CCc1ccccc1NC(=O)N1CCCC(c2nc(-c3ccc(C)cc3)no2)C1. The van der Waals surface area contributed by atoms with Gasteiger partial charge in [0.1, 0.15) is 0 Å². The van der Waals surface area contributed by atoms with Gasteiger partial charge in [0, 0.05) is 24.3 Å². The van der Waals surface area contributed by atoms with Crippen molar-refractivity contribution < 1.29 is 9.32 Å². The number of anilines is 1. The van der Waals surface area contributed by atoms with Crippen LogP contribution in [0, 0.1) is 6.92 Å². The topological polar surface area (TPSA) is 71.3 Å². The number of aromatic nitrogens is 2. The molecule has 6 heteroatoms. The van der Waals surface area contributed by atoms with E-state index < -0.39 is 0 Å². The maximum Gasteiger partial charge on any atom is 0.321 e. The number of likely N-dealkylation sites (tertiary alicyclic amines) is 1. The highest BCUT2D eigenvalue weighted by molar-refractivity contribution is 5.90. The number of nitrogens with zero attached hydrogens (tertiary/aromatic N) is 3. The van der Waals surface area contributed by atoms with E-state index in [0.29, 0.717) is 18.3 Å². The number of carbonyl (C=O) groups is 1. The van der Waals surface area contributed by atoms with Crippen LogP contribution in [0.2, 0.25) is 0 Å². The summed E-state index contributed by atoms with van der Waals surface area (Å²) in [6.07, 6.45) is 2.73. The van der Waals surface area contributed by atoms with Gasteiger partial charge in [-0.1, -0.05) is 60.1 Å². The first kappa shape index (κ1) is 19.2. The summed E-state index contributed by atoms with van der Waals surface area (Å²) in [5, 5.41) is 7.21. The number of nitrogens with one attached hydrogen (secondary N) is 1. The molecule has 2 aromatic carbocycles. The van der Waals surface area contributed by atoms with Crippen LogP contribution < -0.4 is 5.32 Å². The molecule has 4 rings (SSSR count). The highest BCUT2D eigenvalue weighted by atomic mass is 16.5. The van der Waals surface area contributed by atoms with Gasteiger partial charge in [-0.15, -0.1) is 0 Å². The first-order valence-corrected chi connectivity index (χ1v) is 10.2. The summed E-state index contributed by atoms with van der Waals surface area (Å²) in [6, 6.07) is 15.9. The Kier molecular flexibility index (Phi) is 5.60. The Balaban J connectivity index is 1.44. The second-order valence-corrected chi connectivity index (χ2v) is 7.55. The number of piperidine rings is 1. The fourth-order valence-corrected chi connectivity index (χ4v) is 3.73. The van der Waals surface area contributed by atoms with E-state index in [1.807, 2.05) is 60.4 Å². The summed E-state index contributed by atoms with van der Waals surface area (Å²) in [5.41, 5.74) is 4.14. The molecule has 1 atom stereocenters. The molecule has 1 N–H and O–H groups in total. The minimum atomic E-state index is -0.0751. The Morgan fingerprint density at radius 1 is 1.21 bits per heavy atom. The minimum absolute atomic E-state index is 0.0580. The first-order chi connectivity index (χ1) is 14.1. The molecule has 3 aromatic rings. The number of urea groups is 1. The summed E-state index contributed by atoms with van der Waals surface area (Å²) in [5.74, 6) is 1.26. The van der Waals surface area contributed by atoms with Crippen molar-refractivity contribution in [1.29, 1.82) is 0 Å². The molecule has 1 fully saturated rings. The molecule has 29 heavy (non-hydrogen) atoms. The van der Waals surface area contributed by atoms with Gasteiger partial charge in [-0.3, -0.25) is 0 Å². The van der Waals surface area contributed by atoms with Gasteiger partial charge in [-0.25, -0.2) is 4.79 Å². The van der Waals surface area contributed by atoms with Crippen molar-refractivity contribution in [2.24, 2.45) is 0 Å². The van der Waals surface area contributed by atoms with Crippen LogP contribution in [0.15, 0.2) is 53.1 Å². The molecule has 0 aliphatic carbocycles. The summed E-state index contributed by atoms with van der Waals surface area (Å²) >= 11 is 0. The van der Waals surface area contributed by atoms with E-state index >= 15 is 0 Å². The molecule has 1 aromatic heterocycles. The Labute approximate surface area is 170 Å². The highest BCUT2D eigenvalue weighted by Gasteiger charge is 2.29. The molecule has 1 unspecified atom stereocenters. The summed E-state index contributed by atoms with van der Waals surface area (Å²) in [7, 11) is 0. The molecule has 0 spiro atoms. The predicted molar refractivity (Wildman–Crippen MR) is 113 cm³/mol. The lowest BCUT2D eigenvalue weighted by Crippen LogP contribution is -2.41. The Hall–Kier alpha value is -3.15. The van der Waals surface area contributed by atoms with Gasteiger partial charge in [-0.05, 0) is 37.8 Å². The summed E-state index contributed by atoms with van der Waals surface area (Å²) < 4.78 is 5.55. The van der Waals surface area contributed by atoms with Crippen molar-refractivity contribution in [1.82, 2.24) is 15.0 Å². The number of hydrogen-bond donors (Lipinski definition) is 1. The van der Waals surface area contributed by atoms with E-state index in [4.69, 9.17) is 4.52 Å². The van der Waals surface area contributed by atoms with Gasteiger partial charge in [0.15, 0.2) is 0 Å². The third-order valence-corrected chi connectivity index (χ3v) is 5.45. The number of carbonyl (C=O) groups excluding carboxylic acids is 1. The van der Waals surface area contributed by atoms with Crippen LogP contribution in [0.25, 0.3) is 11.4 Å². The van der Waals surface area contributed by atoms with Crippen molar-refractivity contribution in [2.45, 2.75) is 39.0 Å². The van der Waals surface area contributed by atoms with Crippen molar-refractivity contribution >= 4 is 11.7 Å². The average molecular weight is 390 g/mol. The molecule has 0 radical (unpaired) electrons. The number of amides is 2. The predicted octanol–water partition coefficient (Wildman–Crippen LogP) is 5.02. The van der Waals surface area contributed by atoms with Gasteiger partial charge in [0.2, 0.25) is 11.7 Å². The molecule has 1 aliphatic rings. The van der Waals surface area contributed by atoms with Gasteiger partial charge in [0.25, 0.3) is 0 Å². The van der Waals surface area contributed by atoms with Crippen molar-refractivity contribution in [3.05, 3.63) is 65.5 Å². The van der Waals surface area contributed by atoms with Crippen LogP contribution in [0.1, 0.15) is 42.7 Å². The number of para-hydroxylation sites is 1. The molecule has 1 saturated heterocycles. The van der Waals surface area contributed by atoms with E-state index in [9.17, 15) is 4.79 Å². The summed E-state index contributed by atoms with van der Waals surface area (Å²) in [4.78, 5) is 19.3. The minimum Gasteiger partial charge on any atom is -0.339 e. The van der Waals surface area contributed by atoms with E-state index in [1.54, 1.807) is 0 Å². The zero-order valence-corrected chi connectivity index (χ0v) is 16.9. The molecule has 0 saturated carbocycles. The van der Waals surface area contributed by atoms with Gasteiger partial charge in [0.05, 0.1) is 5.92 Å². The number of hydrogen-bond acceptors (Lipinski definition) is 4. The summed E-state index contributed by atoms with van der Waals surface area (Å²) in [6.45, 7) is 5.44. The molecule has 1 aliphatic heterocycles. The third kappa shape index (κ3) is 4.31. The molecule has 2 amide bonds. The van der Waals surface area contributed by atoms with Crippen LogP contribution in [0.3, 0.4) is 0 Å². The standard InChI is InChI=1S/C23H26N4O2/c1-3-17-7-4-5-9-20(17)24-23(28)27-14-6-8-19(15-27)22-25-21(26-29-22)18-12-10-16(2)11-13-18/h4-5,7,9-13,19H,3,6,8,14-15H2,1-2H3,(H,24,28). The van der Waals surface area contributed by atoms with Crippen molar-refractivity contribution in [3.8, 4) is 11.4 Å². The van der Waals surface area contributed by atoms with E-state index in [-0.39, 0.29) is 11.9 Å².